The number of aromatic nitrogens is 2. The number of fused-ring (bicyclic) bond motifs is 1. The van der Waals surface area contributed by atoms with Gasteiger partial charge in [0.1, 0.15) is 5.82 Å². The van der Waals surface area contributed by atoms with Crippen molar-refractivity contribution in [1.82, 2.24) is 14.9 Å². The average Bonchev–Trinajstić information content (AvgIpc) is 2.54. The van der Waals surface area contributed by atoms with Crippen LogP contribution in [0.5, 0.6) is 0 Å². The number of morpholine rings is 1. The number of hydrogen-bond acceptors (Lipinski definition) is 5. The molecule has 1 fully saturated rings. The molecule has 0 aliphatic carbocycles. The van der Waals surface area contributed by atoms with Crippen LogP contribution in [0.25, 0.3) is 11.0 Å². The van der Waals surface area contributed by atoms with Crippen molar-refractivity contribution in [2.75, 3.05) is 31.6 Å². The van der Waals surface area contributed by atoms with Crippen LogP contribution in [0.4, 0.5) is 19.4 Å². The van der Waals surface area contributed by atoms with Gasteiger partial charge in [0.05, 0.1) is 36.5 Å². The summed E-state index contributed by atoms with van der Waals surface area (Å²) >= 11 is 0. The number of halogens is 2. The van der Waals surface area contributed by atoms with Gasteiger partial charge in [0.2, 0.25) is 0 Å². The van der Waals surface area contributed by atoms with Gasteiger partial charge in [-0.3, -0.25) is 9.88 Å². The molecule has 0 bridgehead atoms. The lowest BCUT2D eigenvalue weighted by Gasteiger charge is -2.33. The Kier molecular flexibility index (Phi) is 4.20. The van der Waals surface area contributed by atoms with Crippen molar-refractivity contribution in [3.05, 3.63) is 30.0 Å². The number of ether oxygens (including phenoxy) is 1. The van der Waals surface area contributed by atoms with Gasteiger partial charge in [0.15, 0.2) is 11.6 Å². The Hall–Kier alpha value is -2.55. The van der Waals surface area contributed by atoms with E-state index >= 15 is 0 Å². The van der Waals surface area contributed by atoms with Crippen LogP contribution in [-0.2, 0) is 4.74 Å². The Morgan fingerprint density at radius 1 is 1.39 bits per heavy atom. The lowest BCUT2D eigenvalue weighted by atomic mass is 10.2. The van der Waals surface area contributed by atoms with Gasteiger partial charge in [-0.05, 0) is 0 Å². The minimum Gasteiger partial charge on any atom is -0.465 e. The smallest absolute Gasteiger partial charge is 0.407 e. The molecule has 1 unspecified atom stereocenters. The highest BCUT2D eigenvalue weighted by Gasteiger charge is 2.26. The summed E-state index contributed by atoms with van der Waals surface area (Å²) in [7, 11) is 0. The molecule has 1 saturated heterocycles. The van der Waals surface area contributed by atoms with Crippen LogP contribution in [0.3, 0.4) is 0 Å². The zero-order valence-corrected chi connectivity index (χ0v) is 12.0. The van der Waals surface area contributed by atoms with Crippen molar-refractivity contribution in [1.29, 1.82) is 0 Å². The van der Waals surface area contributed by atoms with Crippen molar-refractivity contribution >= 4 is 22.9 Å². The summed E-state index contributed by atoms with van der Waals surface area (Å²) in [6, 6.07) is 1.59. The van der Waals surface area contributed by atoms with Crippen molar-refractivity contribution in [3.63, 3.8) is 0 Å². The number of carbonyl (C=O) groups is 1. The summed E-state index contributed by atoms with van der Waals surface area (Å²) in [5.74, 6) is -1.63. The van der Waals surface area contributed by atoms with Gasteiger partial charge >= 0.3 is 6.09 Å². The second-order valence-corrected chi connectivity index (χ2v) is 5.10. The van der Waals surface area contributed by atoms with Crippen LogP contribution in [0, 0.1) is 11.6 Å². The van der Waals surface area contributed by atoms with E-state index in [-0.39, 0.29) is 30.2 Å². The van der Waals surface area contributed by atoms with E-state index in [0.717, 1.165) is 12.1 Å². The molecule has 3 rings (SSSR count). The van der Waals surface area contributed by atoms with Crippen molar-refractivity contribution < 1.29 is 23.4 Å². The number of nitrogens with zero attached hydrogens (tertiary/aromatic N) is 3. The Balaban J connectivity index is 1.73. The van der Waals surface area contributed by atoms with Crippen molar-refractivity contribution in [2.45, 2.75) is 6.04 Å². The summed E-state index contributed by atoms with van der Waals surface area (Å²) in [5, 5.41) is 12.1. The molecule has 23 heavy (non-hydrogen) atoms. The molecule has 9 heteroatoms. The second kappa shape index (κ2) is 6.29. The lowest BCUT2D eigenvalue weighted by molar-refractivity contribution is 0.00443. The van der Waals surface area contributed by atoms with Gasteiger partial charge in [0, 0.05) is 25.2 Å². The molecule has 0 saturated carbocycles. The van der Waals surface area contributed by atoms with Crippen LogP contribution in [0.1, 0.15) is 0 Å². The van der Waals surface area contributed by atoms with Gasteiger partial charge in [-0.2, -0.15) is 0 Å². The van der Waals surface area contributed by atoms with E-state index in [0.29, 0.717) is 19.0 Å². The molecule has 0 spiro atoms. The summed E-state index contributed by atoms with van der Waals surface area (Å²) in [5.41, 5.74) is 0.450. The molecule has 7 nitrogen and oxygen atoms in total. The summed E-state index contributed by atoms with van der Waals surface area (Å²) in [4.78, 5) is 20.6. The topological polar surface area (TPSA) is 87.6 Å². The molecule has 2 heterocycles. The SMILES string of the molecule is O=C(O)N1CCOCC1CNc1cnc2cc(F)c(F)cc2n1. The standard InChI is InChI=1S/C14H14F2N4O3/c15-9-3-11-12(4-10(9)16)19-13(6-17-11)18-5-8-7-23-2-1-20(8)14(21)22/h3-4,6,8H,1-2,5,7H2,(H,18,19)(H,21,22). The number of carboxylic acid groups (broad SMARTS) is 1. The van der Waals surface area contributed by atoms with E-state index in [9.17, 15) is 13.6 Å². The maximum absolute atomic E-state index is 13.2. The second-order valence-electron chi connectivity index (χ2n) is 5.10. The molecule has 1 aromatic carbocycles. The van der Waals surface area contributed by atoms with Gasteiger partial charge in [-0.1, -0.05) is 0 Å². The number of hydrogen-bond donors (Lipinski definition) is 2. The number of rotatable bonds is 3. The maximum atomic E-state index is 13.2. The van der Waals surface area contributed by atoms with Crippen LogP contribution in [0.2, 0.25) is 0 Å². The minimum atomic E-state index is -1.01. The van der Waals surface area contributed by atoms with E-state index < -0.39 is 17.7 Å². The first-order chi connectivity index (χ1) is 11.0. The fourth-order valence-corrected chi connectivity index (χ4v) is 2.39. The minimum absolute atomic E-state index is 0.212. The van der Waals surface area contributed by atoms with Gasteiger partial charge in [-0.25, -0.2) is 18.6 Å². The molecular weight excluding hydrogens is 310 g/mol. The zero-order chi connectivity index (χ0) is 16.4. The largest absolute Gasteiger partial charge is 0.465 e. The Morgan fingerprint density at radius 3 is 2.87 bits per heavy atom. The van der Waals surface area contributed by atoms with Crippen LogP contribution >= 0.6 is 0 Å². The molecule has 1 atom stereocenters. The number of benzene rings is 1. The average molecular weight is 324 g/mol. The quantitative estimate of drug-likeness (QED) is 0.893. The first-order valence-electron chi connectivity index (χ1n) is 6.97. The third kappa shape index (κ3) is 3.29. The van der Waals surface area contributed by atoms with E-state index in [4.69, 9.17) is 9.84 Å². The summed E-state index contributed by atoms with van der Waals surface area (Å²) in [6.07, 6.45) is 0.372. The van der Waals surface area contributed by atoms with E-state index in [1.807, 2.05) is 0 Å². The van der Waals surface area contributed by atoms with Crippen molar-refractivity contribution in [2.24, 2.45) is 0 Å². The number of amides is 1. The maximum Gasteiger partial charge on any atom is 0.407 e. The molecule has 2 N–H and O–H groups in total. The van der Waals surface area contributed by atoms with Gasteiger partial charge < -0.3 is 15.2 Å². The first-order valence-corrected chi connectivity index (χ1v) is 6.97. The first kappa shape index (κ1) is 15.3. The third-order valence-corrected chi connectivity index (χ3v) is 3.58. The van der Waals surface area contributed by atoms with E-state index in [2.05, 4.69) is 15.3 Å². The highest BCUT2D eigenvalue weighted by molar-refractivity contribution is 5.75. The molecule has 1 aliphatic heterocycles. The number of nitrogens with one attached hydrogen (secondary N) is 1. The molecule has 1 amide bonds. The van der Waals surface area contributed by atoms with E-state index in [1.54, 1.807) is 0 Å². The normalized spacial score (nSPS) is 18.2. The molecule has 122 valence electrons. The van der Waals surface area contributed by atoms with Gasteiger partial charge in [-0.15, -0.1) is 0 Å². The molecule has 1 aromatic heterocycles. The third-order valence-electron chi connectivity index (χ3n) is 3.58. The predicted octanol–water partition coefficient (Wildman–Crippen LogP) is 1.70. The summed E-state index contributed by atoms with van der Waals surface area (Å²) in [6.45, 7) is 1.22. The fourth-order valence-electron chi connectivity index (χ4n) is 2.39. The Labute approximate surface area is 129 Å². The monoisotopic (exact) mass is 324 g/mol. The van der Waals surface area contributed by atoms with E-state index in [1.165, 1.54) is 11.1 Å². The Morgan fingerprint density at radius 2 is 2.13 bits per heavy atom. The van der Waals surface area contributed by atoms with Gasteiger partial charge in [0.25, 0.3) is 0 Å². The van der Waals surface area contributed by atoms with Crippen LogP contribution < -0.4 is 5.32 Å². The molecular formula is C14H14F2N4O3. The molecule has 0 radical (unpaired) electrons. The highest BCUT2D eigenvalue weighted by Crippen LogP contribution is 2.17. The van der Waals surface area contributed by atoms with Crippen LogP contribution in [0.15, 0.2) is 18.3 Å². The number of anilines is 1. The predicted molar refractivity (Wildman–Crippen MR) is 77.3 cm³/mol. The molecule has 1 aliphatic rings. The van der Waals surface area contributed by atoms with Crippen LogP contribution in [-0.4, -0.2) is 58.4 Å². The van der Waals surface area contributed by atoms with Crippen molar-refractivity contribution in [3.8, 4) is 0 Å². The zero-order valence-electron chi connectivity index (χ0n) is 12.0. The lowest BCUT2D eigenvalue weighted by Crippen LogP contribution is -2.51. The Bertz CT molecular complexity index is 743. The summed E-state index contributed by atoms with van der Waals surface area (Å²) < 4.78 is 31.6. The molecule has 2 aromatic rings. The fraction of sp³-hybridized carbons (Fsp3) is 0.357. The highest BCUT2D eigenvalue weighted by atomic mass is 19.2.